The summed E-state index contributed by atoms with van der Waals surface area (Å²) in [4.78, 5) is 14.9. The number of halogens is 3. The maximum absolute atomic E-state index is 12.8. The number of thiocarbonyl (C=S) groups is 1. The molecule has 0 aliphatic heterocycles. The molecule has 0 atom stereocenters. The van der Waals surface area contributed by atoms with Gasteiger partial charge in [0.15, 0.2) is 10.8 Å². The van der Waals surface area contributed by atoms with E-state index in [1.165, 1.54) is 18.6 Å². The van der Waals surface area contributed by atoms with Crippen molar-refractivity contribution in [3.05, 3.63) is 30.4 Å². The minimum Gasteiger partial charge on any atom is -0.375 e. The maximum atomic E-state index is 12.8. The van der Waals surface area contributed by atoms with Gasteiger partial charge in [0, 0.05) is 12.4 Å². The third kappa shape index (κ3) is 3.95. The molecule has 4 N–H and O–H groups in total. The topological polar surface area (TPSA) is 102 Å². The summed E-state index contributed by atoms with van der Waals surface area (Å²) in [6.45, 7) is 0. The van der Waals surface area contributed by atoms with E-state index < -0.39 is 11.9 Å². The van der Waals surface area contributed by atoms with Crippen LogP contribution < -0.4 is 16.6 Å². The SMILES string of the molecule is NC(=S)NNc1nc(-c2cnccn2)cc(C(F)(F)F)n1. The molecule has 7 nitrogen and oxygen atoms in total. The molecule has 0 fully saturated rings. The highest BCUT2D eigenvalue weighted by atomic mass is 32.1. The predicted octanol–water partition coefficient (Wildman–Crippen LogP) is 1.11. The summed E-state index contributed by atoms with van der Waals surface area (Å²) in [6, 6.07) is 0.774. The molecule has 0 saturated carbocycles. The van der Waals surface area contributed by atoms with E-state index in [2.05, 4.69) is 43.0 Å². The molecule has 0 spiro atoms. The first kappa shape index (κ1) is 14.8. The Bertz CT molecular complexity index is 647. The van der Waals surface area contributed by atoms with Crippen molar-refractivity contribution in [3.8, 4) is 11.4 Å². The lowest BCUT2D eigenvalue weighted by molar-refractivity contribution is -0.141. The summed E-state index contributed by atoms with van der Waals surface area (Å²) in [7, 11) is 0. The molecular formula is C10H8F3N7S. The summed E-state index contributed by atoms with van der Waals surface area (Å²) in [5.74, 6) is -0.349. The molecule has 2 rings (SSSR count). The Balaban J connectivity index is 2.45. The second-order valence-electron chi connectivity index (χ2n) is 3.66. The van der Waals surface area contributed by atoms with Crippen molar-refractivity contribution in [3.63, 3.8) is 0 Å². The van der Waals surface area contributed by atoms with Crippen LogP contribution in [0.2, 0.25) is 0 Å². The Morgan fingerprint density at radius 3 is 2.52 bits per heavy atom. The number of alkyl halides is 3. The van der Waals surface area contributed by atoms with E-state index in [0.717, 1.165) is 6.07 Å². The lowest BCUT2D eigenvalue weighted by Gasteiger charge is -2.11. The lowest BCUT2D eigenvalue weighted by atomic mass is 10.2. The van der Waals surface area contributed by atoms with Crippen LogP contribution in [0.1, 0.15) is 5.69 Å². The van der Waals surface area contributed by atoms with E-state index in [1.807, 2.05) is 0 Å². The van der Waals surface area contributed by atoms with Crippen LogP contribution in [-0.4, -0.2) is 25.0 Å². The van der Waals surface area contributed by atoms with E-state index in [1.54, 1.807) is 0 Å². The number of nitrogens with one attached hydrogen (secondary N) is 2. The largest absolute Gasteiger partial charge is 0.433 e. The van der Waals surface area contributed by atoms with E-state index in [-0.39, 0.29) is 22.4 Å². The van der Waals surface area contributed by atoms with Crippen LogP contribution in [0.5, 0.6) is 0 Å². The molecule has 11 heteroatoms. The highest BCUT2D eigenvalue weighted by Crippen LogP contribution is 2.30. The van der Waals surface area contributed by atoms with E-state index >= 15 is 0 Å². The molecule has 0 unspecified atom stereocenters. The first-order chi connectivity index (χ1) is 9.86. The van der Waals surface area contributed by atoms with Crippen molar-refractivity contribution < 1.29 is 13.2 Å². The molecule has 0 aromatic carbocycles. The molecule has 0 bridgehead atoms. The van der Waals surface area contributed by atoms with Gasteiger partial charge in [0.25, 0.3) is 0 Å². The highest BCUT2D eigenvalue weighted by Gasteiger charge is 2.34. The fraction of sp³-hybridized carbons (Fsp3) is 0.100. The summed E-state index contributed by atoms with van der Waals surface area (Å²) >= 11 is 4.53. The quantitative estimate of drug-likeness (QED) is 0.572. The number of nitrogens with two attached hydrogens (primary N) is 1. The van der Waals surface area contributed by atoms with Crippen molar-refractivity contribution in [2.24, 2.45) is 5.73 Å². The highest BCUT2D eigenvalue weighted by molar-refractivity contribution is 7.80. The predicted molar refractivity (Wildman–Crippen MR) is 71.6 cm³/mol. The Hall–Kier alpha value is -2.56. The van der Waals surface area contributed by atoms with Crippen molar-refractivity contribution in [2.75, 3.05) is 5.43 Å². The third-order valence-electron chi connectivity index (χ3n) is 2.14. The second kappa shape index (κ2) is 5.83. The Labute approximate surface area is 121 Å². The zero-order valence-electron chi connectivity index (χ0n) is 10.2. The number of anilines is 1. The van der Waals surface area contributed by atoms with Crippen LogP contribution in [0.3, 0.4) is 0 Å². The molecule has 2 aromatic heterocycles. The molecule has 0 aliphatic carbocycles. The molecule has 2 aromatic rings. The summed E-state index contributed by atoms with van der Waals surface area (Å²) in [5.41, 5.74) is 8.69. The Morgan fingerprint density at radius 1 is 1.19 bits per heavy atom. The molecule has 0 radical (unpaired) electrons. The van der Waals surface area contributed by atoms with Gasteiger partial charge in [0.2, 0.25) is 5.95 Å². The Kier molecular flexibility index (Phi) is 4.12. The molecule has 0 saturated heterocycles. The van der Waals surface area contributed by atoms with Gasteiger partial charge in [-0.3, -0.25) is 20.8 Å². The number of hydrogen-bond donors (Lipinski definition) is 3. The van der Waals surface area contributed by atoms with Gasteiger partial charge in [0.05, 0.1) is 11.9 Å². The molecule has 2 heterocycles. The zero-order chi connectivity index (χ0) is 15.5. The first-order valence-corrected chi connectivity index (χ1v) is 5.81. The maximum Gasteiger partial charge on any atom is 0.433 e. The van der Waals surface area contributed by atoms with Crippen LogP contribution in [0.15, 0.2) is 24.7 Å². The fourth-order valence-electron chi connectivity index (χ4n) is 1.33. The number of rotatable bonds is 3. The van der Waals surface area contributed by atoms with E-state index in [9.17, 15) is 13.2 Å². The summed E-state index contributed by atoms with van der Waals surface area (Å²) < 4.78 is 38.5. The lowest BCUT2D eigenvalue weighted by Crippen LogP contribution is -2.35. The average Bonchev–Trinajstić information content (AvgIpc) is 2.45. The van der Waals surface area contributed by atoms with Gasteiger partial charge in [-0.2, -0.15) is 13.2 Å². The van der Waals surface area contributed by atoms with Crippen LogP contribution in [0.4, 0.5) is 19.1 Å². The van der Waals surface area contributed by atoms with Crippen LogP contribution in [0.25, 0.3) is 11.4 Å². The van der Waals surface area contributed by atoms with Gasteiger partial charge in [-0.15, -0.1) is 0 Å². The number of hydrazine groups is 1. The van der Waals surface area contributed by atoms with Gasteiger partial charge in [-0.1, -0.05) is 0 Å². The van der Waals surface area contributed by atoms with Gasteiger partial charge < -0.3 is 5.73 Å². The second-order valence-corrected chi connectivity index (χ2v) is 4.10. The molecule has 0 aliphatic rings. The standard InChI is InChI=1S/C10H8F3N7S/c11-10(12,13)7-3-5(6-4-15-1-2-16-6)17-9(18-7)20-19-8(14)21/h1-4H,(H3,14,19,21)(H,17,18,20). The fourth-order valence-corrected chi connectivity index (χ4v) is 1.38. The zero-order valence-corrected chi connectivity index (χ0v) is 11.0. The first-order valence-electron chi connectivity index (χ1n) is 5.40. The minimum atomic E-state index is -4.64. The van der Waals surface area contributed by atoms with Crippen LogP contribution >= 0.6 is 12.2 Å². The van der Waals surface area contributed by atoms with Crippen molar-refractivity contribution in [1.29, 1.82) is 0 Å². The minimum absolute atomic E-state index is 0.0438. The van der Waals surface area contributed by atoms with Crippen LogP contribution in [-0.2, 0) is 6.18 Å². The van der Waals surface area contributed by atoms with Crippen molar-refractivity contribution >= 4 is 23.3 Å². The van der Waals surface area contributed by atoms with E-state index in [4.69, 9.17) is 5.73 Å². The van der Waals surface area contributed by atoms with Gasteiger partial charge in [0.1, 0.15) is 5.69 Å². The van der Waals surface area contributed by atoms with Crippen LogP contribution in [0, 0.1) is 0 Å². The monoisotopic (exact) mass is 315 g/mol. The normalized spacial score (nSPS) is 11.0. The Morgan fingerprint density at radius 2 is 1.95 bits per heavy atom. The smallest absolute Gasteiger partial charge is 0.375 e. The average molecular weight is 315 g/mol. The number of nitrogens with zero attached hydrogens (tertiary/aromatic N) is 4. The number of aromatic nitrogens is 4. The van der Waals surface area contributed by atoms with E-state index in [0.29, 0.717) is 0 Å². The molecular weight excluding hydrogens is 307 g/mol. The summed E-state index contributed by atoms with van der Waals surface area (Å²) in [6.07, 6.45) is -0.624. The molecule has 21 heavy (non-hydrogen) atoms. The molecule has 110 valence electrons. The van der Waals surface area contributed by atoms with Crippen molar-refractivity contribution in [2.45, 2.75) is 6.18 Å². The van der Waals surface area contributed by atoms with Gasteiger partial charge in [-0.05, 0) is 18.3 Å². The third-order valence-corrected chi connectivity index (χ3v) is 2.24. The van der Waals surface area contributed by atoms with Gasteiger partial charge >= 0.3 is 6.18 Å². The van der Waals surface area contributed by atoms with Crippen molar-refractivity contribution in [1.82, 2.24) is 25.4 Å². The molecule has 0 amide bonds. The number of hydrogen-bond acceptors (Lipinski definition) is 6. The summed E-state index contributed by atoms with van der Waals surface area (Å²) in [5, 5.41) is -0.169. The van der Waals surface area contributed by atoms with Gasteiger partial charge in [-0.25, -0.2) is 9.97 Å².